The fourth-order valence-corrected chi connectivity index (χ4v) is 1.87. The maximum Gasteiger partial charge on any atom is 0.173 e. The van der Waals surface area contributed by atoms with E-state index in [2.05, 4.69) is 15.9 Å². The molecule has 0 amide bonds. The van der Waals surface area contributed by atoms with Gasteiger partial charge in [0.25, 0.3) is 0 Å². The Morgan fingerprint density at radius 3 is 2.50 bits per heavy atom. The molecule has 2 atom stereocenters. The van der Waals surface area contributed by atoms with Crippen LogP contribution in [0.15, 0.2) is 11.1 Å². The second-order valence-corrected chi connectivity index (χ2v) is 5.68. The lowest BCUT2D eigenvalue weighted by molar-refractivity contribution is -0.114. The van der Waals surface area contributed by atoms with Crippen molar-refractivity contribution < 1.29 is 4.79 Å². The predicted molar refractivity (Wildman–Crippen MR) is 66.9 cm³/mol. The number of carbonyl (C=O) groups excluding carboxylic acids is 1. The average Bonchev–Trinajstić information content (AvgIpc) is 2.14. The zero-order chi connectivity index (χ0) is 11.4. The van der Waals surface area contributed by atoms with Gasteiger partial charge in [-0.05, 0) is 13.0 Å². The number of ketones is 1. The van der Waals surface area contributed by atoms with E-state index in [0.29, 0.717) is 12.3 Å². The summed E-state index contributed by atoms with van der Waals surface area (Å²) in [4.78, 5) is 10.3. The minimum absolute atomic E-state index is 0.118. The molecule has 0 aromatic heterocycles. The molecule has 5 heteroatoms. The number of hydrogen-bond acceptors (Lipinski definition) is 1. The summed E-state index contributed by atoms with van der Waals surface area (Å²) in [6.07, 6.45) is 1.90. The molecule has 14 heavy (non-hydrogen) atoms. The van der Waals surface area contributed by atoms with Gasteiger partial charge in [-0.2, -0.15) is 0 Å². The van der Waals surface area contributed by atoms with Crippen molar-refractivity contribution >= 4 is 56.5 Å². The van der Waals surface area contributed by atoms with Gasteiger partial charge in [0.1, 0.15) is 0 Å². The second-order valence-electron chi connectivity index (χ2n) is 3.04. The molecule has 0 aromatic rings. The first-order valence-electron chi connectivity index (χ1n) is 4.15. The van der Waals surface area contributed by atoms with Crippen LogP contribution in [0, 0.1) is 0 Å². The van der Waals surface area contributed by atoms with Crippen LogP contribution < -0.4 is 0 Å². The lowest BCUT2D eigenvalue weighted by Gasteiger charge is -2.22. The van der Waals surface area contributed by atoms with Gasteiger partial charge in [0.05, 0.1) is 14.7 Å². The Bertz CT molecular complexity index is 238. The summed E-state index contributed by atoms with van der Waals surface area (Å²) < 4.78 is 0. The maximum atomic E-state index is 11.2. The summed E-state index contributed by atoms with van der Waals surface area (Å²) in [7, 11) is 0. The van der Waals surface area contributed by atoms with Crippen molar-refractivity contribution in [1.82, 2.24) is 0 Å². The van der Waals surface area contributed by atoms with Gasteiger partial charge in [-0.15, -0.1) is 23.2 Å². The van der Waals surface area contributed by atoms with E-state index in [-0.39, 0.29) is 15.6 Å². The zero-order valence-corrected chi connectivity index (χ0v) is 11.8. The van der Waals surface area contributed by atoms with E-state index in [1.807, 2.05) is 0 Å². The summed E-state index contributed by atoms with van der Waals surface area (Å²) in [6.45, 7) is 3.50. The Balaban J connectivity index is 4.69. The van der Waals surface area contributed by atoms with Crippen molar-refractivity contribution in [1.29, 1.82) is 0 Å². The summed E-state index contributed by atoms with van der Waals surface area (Å²) in [5, 5.41) is 0.166. The van der Waals surface area contributed by atoms with Gasteiger partial charge in [-0.25, -0.2) is 0 Å². The monoisotopic (exact) mass is 320 g/mol. The number of alkyl halides is 3. The Hall–Kier alpha value is 0.760. The van der Waals surface area contributed by atoms with Crippen LogP contribution in [0.4, 0.5) is 0 Å². The Labute approximate surface area is 108 Å². The molecule has 0 saturated carbocycles. The Morgan fingerprint density at radius 1 is 1.64 bits per heavy atom. The number of halogens is 4. The smallest absolute Gasteiger partial charge is 0.173 e. The van der Waals surface area contributed by atoms with Gasteiger partial charge in [0.2, 0.25) is 0 Å². The average molecular weight is 322 g/mol. The van der Waals surface area contributed by atoms with Crippen molar-refractivity contribution in [2.75, 3.05) is 5.88 Å². The van der Waals surface area contributed by atoms with E-state index in [4.69, 9.17) is 34.8 Å². The molecule has 0 radical (unpaired) electrons. The largest absolute Gasteiger partial charge is 0.293 e. The van der Waals surface area contributed by atoms with Crippen LogP contribution in [0.5, 0.6) is 0 Å². The lowest BCUT2D eigenvalue weighted by Crippen LogP contribution is -2.28. The summed E-state index contributed by atoms with van der Waals surface area (Å²) in [6, 6.07) is 0. The maximum absolute atomic E-state index is 11.2. The molecule has 0 rings (SSSR count). The minimum Gasteiger partial charge on any atom is -0.293 e. The predicted octanol–water partition coefficient (Wildman–Crippen LogP) is 4.09. The summed E-state index contributed by atoms with van der Waals surface area (Å²) >= 11 is 20.9. The van der Waals surface area contributed by atoms with Gasteiger partial charge >= 0.3 is 0 Å². The number of Topliss-reactive ketones (excluding diaryl/α,β-unsaturated/α-hetero) is 1. The van der Waals surface area contributed by atoms with E-state index >= 15 is 0 Å². The second kappa shape index (κ2) is 6.37. The molecular formula is C9H12BrCl3O. The molecule has 0 saturated heterocycles. The van der Waals surface area contributed by atoms with Crippen molar-refractivity contribution in [3.63, 3.8) is 0 Å². The summed E-state index contributed by atoms with van der Waals surface area (Å²) in [5.41, 5.74) is 0. The third-order valence-electron chi connectivity index (χ3n) is 1.74. The van der Waals surface area contributed by atoms with Gasteiger partial charge in [0, 0.05) is 12.3 Å². The fourth-order valence-electron chi connectivity index (χ4n) is 0.738. The number of hydrogen-bond donors (Lipinski definition) is 0. The van der Waals surface area contributed by atoms with Crippen molar-refractivity contribution in [3.8, 4) is 0 Å². The third kappa shape index (κ3) is 4.52. The van der Waals surface area contributed by atoms with Crippen molar-refractivity contribution in [3.05, 3.63) is 11.1 Å². The van der Waals surface area contributed by atoms with Crippen LogP contribution in [0.25, 0.3) is 0 Å². The van der Waals surface area contributed by atoms with Crippen molar-refractivity contribution in [2.24, 2.45) is 0 Å². The van der Waals surface area contributed by atoms with Crippen molar-refractivity contribution in [2.45, 2.75) is 30.0 Å². The van der Waals surface area contributed by atoms with Crippen LogP contribution in [0.3, 0.4) is 0 Å². The first kappa shape index (κ1) is 14.8. The fraction of sp³-hybridized carbons (Fsp3) is 0.667. The van der Waals surface area contributed by atoms with Gasteiger partial charge in [0.15, 0.2) is 5.78 Å². The molecule has 1 nitrogen and oxygen atoms in total. The summed E-state index contributed by atoms with van der Waals surface area (Å²) in [5.74, 6) is 0.230. The van der Waals surface area contributed by atoms with Gasteiger partial charge in [-0.1, -0.05) is 34.5 Å². The van der Waals surface area contributed by atoms with E-state index in [1.165, 1.54) is 6.08 Å². The first-order valence-corrected chi connectivity index (χ1v) is 6.36. The van der Waals surface area contributed by atoms with Crippen LogP contribution >= 0.6 is 50.7 Å². The normalized spacial score (nSPS) is 18.9. The quantitative estimate of drug-likeness (QED) is 0.550. The molecule has 82 valence electrons. The van der Waals surface area contributed by atoms with E-state index < -0.39 is 4.87 Å². The third-order valence-corrected chi connectivity index (χ3v) is 4.66. The topological polar surface area (TPSA) is 17.1 Å². The minimum atomic E-state index is -0.746. The molecule has 0 fully saturated rings. The highest BCUT2D eigenvalue weighted by atomic mass is 79.9. The molecule has 0 aliphatic carbocycles. The Morgan fingerprint density at radius 2 is 2.14 bits per heavy atom. The van der Waals surface area contributed by atoms with E-state index in [9.17, 15) is 4.79 Å². The Kier molecular flexibility index (Phi) is 6.71. The van der Waals surface area contributed by atoms with Crippen LogP contribution in [-0.2, 0) is 4.79 Å². The van der Waals surface area contributed by atoms with E-state index in [1.54, 1.807) is 13.8 Å². The lowest BCUT2D eigenvalue weighted by atomic mass is 10.1. The molecule has 0 aromatic carbocycles. The number of rotatable bonds is 5. The van der Waals surface area contributed by atoms with E-state index in [0.717, 1.165) is 0 Å². The van der Waals surface area contributed by atoms with Crippen LogP contribution in [0.2, 0.25) is 0 Å². The molecule has 0 aliphatic rings. The number of allylic oxidation sites excluding steroid dienone is 2. The number of carbonyl (C=O) groups is 1. The molecule has 0 aliphatic heterocycles. The zero-order valence-electron chi connectivity index (χ0n) is 7.99. The highest BCUT2D eigenvalue weighted by Gasteiger charge is 2.28. The van der Waals surface area contributed by atoms with Gasteiger partial charge in [-0.3, -0.25) is 4.79 Å². The highest BCUT2D eigenvalue weighted by molar-refractivity contribution is 9.09. The molecule has 0 bridgehead atoms. The van der Waals surface area contributed by atoms with Crippen LogP contribution in [-0.4, -0.2) is 21.4 Å². The first-order chi connectivity index (χ1) is 6.35. The molecule has 0 spiro atoms. The molecule has 0 N–H and O–H groups in total. The van der Waals surface area contributed by atoms with Gasteiger partial charge < -0.3 is 0 Å². The van der Waals surface area contributed by atoms with Crippen LogP contribution in [0.1, 0.15) is 20.3 Å². The standard InChI is InChI=1S/C9H12BrCl3O/c1-3-7(14)6(12)4-9(2,13)8(10)5-11/h4,8H,3,5H2,1-2H3/b6-4-/t8-,9+/m0/s1. The molecule has 0 unspecified atom stereocenters. The molecular weight excluding hydrogens is 310 g/mol. The molecule has 0 heterocycles. The SMILES string of the molecule is CCC(=O)/C(Cl)=C/[C@@](C)(Cl)[C@@H](Br)CCl. The highest BCUT2D eigenvalue weighted by Crippen LogP contribution is 2.30.